The van der Waals surface area contributed by atoms with Gasteiger partial charge in [0.25, 0.3) is 0 Å². The van der Waals surface area contributed by atoms with Gasteiger partial charge in [-0.05, 0) is 63.6 Å². The normalized spacial score (nSPS) is 14.1. The van der Waals surface area contributed by atoms with Crippen LogP contribution >= 0.6 is 0 Å². The molecule has 0 bridgehead atoms. The molecule has 1 spiro atoms. The van der Waals surface area contributed by atoms with Gasteiger partial charge >= 0.3 is 0 Å². The Hall–Kier alpha value is -3.58. The minimum absolute atomic E-state index is 0.251. The Labute approximate surface area is 177 Å². The molecule has 1 nitrogen and oxygen atoms in total. The van der Waals surface area contributed by atoms with Crippen LogP contribution in [0.3, 0.4) is 0 Å². The van der Waals surface area contributed by atoms with Crippen LogP contribution < -0.4 is 4.90 Å². The topological polar surface area (TPSA) is 3.24 Å². The van der Waals surface area contributed by atoms with Gasteiger partial charge in [-0.3, -0.25) is 0 Å². The van der Waals surface area contributed by atoms with E-state index in [1.807, 2.05) is 6.92 Å². The molecule has 6 rings (SSSR count). The van der Waals surface area contributed by atoms with Crippen molar-refractivity contribution in [1.82, 2.24) is 0 Å². The monoisotopic (exact) mass is 385 g/mol. The minimum atomic E-state index is -0.251. The zero-order valence-corrected chi connectivity index (χ0v) is 17.3. The van der Waals surface area contributed by atoms with E-state index < -0.39 is 0 Å². The Kier molecular flexibility index (Phi) is 3.44. The van der Waals surface area contributed by atoms with Gasteiger partial charge < -0.3 is 4.90 Å². The average molecular weight is 386 g/mol. The first-order valence-electron chi connectivity index (χ1n) is 10.5. The van der Waals surface area contributed by atoms with E-state index >= 15 is 0 Å². The van der Waals surface area contributed by atoms with Gasteiger partial charge in [0.05, 0.1) is 5.41 Å². The summed E-state index contributed by atoms with van der Waals surface area (Å²) in [6.45, 7) is 6.17. The Morgan fingerprint density at radius 2 is 1.07 bits per heavy atom. The van der Waals surface area contributed by atoms with Crippen LogP contribution in [-0.4, -0.2) is 7.05 Å². The van der Waals surface area contributed by atoms with E-state index in [-0.39, 0.29) is 5.41 Å². The molecule has 0 fully saturated rings. The number of allylic oxidation sites excluding steroid dienone is 1. The first-order valence-corrected chi connectivity index (χ1v) is 10.5. The fraction of sp³-hybridized carbons (Fsp3) is 0.103. The van der Waals surface area contributed by atoms with E-state index in [1.54, 1.807) is 0 Å². The lowest BCUT2D eigenvalue weighted by molar-refractivity contribution is 0.793. The van der Waals surface area contributed by atoms with Gasteiger partial charge in [0.15, 0.2) is 0 Å². The third-order valence-electron chi connectivity index (χ3n) is 6.94. The molecule has 2 aliphatic rings. The summed E-state index contributed by atoms with van der Waals surface area (Å²) in [6, 6.07) is 33.7. The summed E-state index contributed by atoms with van der Waals surface area (Å²) in [7, 11) is 2.08. The zero-order chi connectivity index (χ0) is 20.5. The molecule has 4 aromatic carbocycles. The highest BCUT2D eigenvalue weighted by molar-refractivity contribution is 5.95. The Bertz CT molecular complexity index is 1300. The van der Waals surface area contributed by atoms with Crippen molar-refractivity contribution in [2.24, 2.45) is 0 Å². The van der Waals surface area contributed by atoms with Crippen molar-refractivity contribution in [2.45, 2.75) is 12.3 Å². The Morgan fingerprint density at radius 1 is 0.633 bits per heavy atom. The maximum atomic E-state index is 4.13. The summed E-state index contributed by atoms with van der Waals surface area (Å²) in [4.78, 5) is 2.16. The van der Waals surface area contributed by atoms with Gasteiger partial charge in [-0.2, -0.15) is 0 Å². The van der Waals surface area contributed by atoms with E-state index in [1.165, 1.54) is 50.2 Å². The summed E-state index contributed by atoms with van der Waals surface area (Å²) >= 11 is 0. The lowest BCUT2D eigenvalue weighted by Gasteiger charge is -2.30. The summed E-state index contributed by atoms with van der Waals surface area (Å²) in [6.07, 6.45) is 0. The molecule has 30 heavy (non-hydrogen) atoms. The number of anilines is 1. The molecule has 0 saturated heterocycles. The average Bonchev–Trinajstić information content (AvgIpc) is 3.25. The number of benzene rings is 4. The van der Waals surface area contributed by atoms with E-state index in [9.17, 15) is 0 Å². The second-order valence-electron chi connectivity index (χ2n) is 8.41. The molecule has 0 amide bonds. The second kappa shape index (κ2) is 5.96. The lowest BCUT2D eigenvalue weighted by atomic mass is 9.70. The molecule has 0 heterocycles. The summed E-state index contributed by atoms with van der Waals surface area (Å²) < 4.78 is 0. The molecule has 0 unspecified atom stereocenters. The van der Waals surface area contributed by atoms with Crippen molar-refractivity contribution in [3.63, 3.8) is 0 Å². The van der Waals surface area contributed by atoms with E-state index in [0.29, 0.717) is 0 Å². The van der Waals surface area contributed by atoms with Gasteiger partial charge in [-0.15, -0.1) is 0 Å². The predicted molar refractivity (Wildman–Crippen MR) is 126 cm³/mol. The van der Waals surface area contributed by atoms with Crippen LogP contribution in [0, 0.1) is 0 Å². The molecule has 144 valence electrons. The van der Waals surface area contributed by atoms with Crippen LogP contribution in [0.1, 0.15) is 29.2 Å². The SMILES string of the molecule is C=C(C)N(C)c1ccc2c(c1)-c1ccccc1C21c2ccccc2-c2ccccc21. The van der Waals surface area contributed by atoms with Crippen LogP contribution in [0.4, 0.5) is 5.69 Å². The smallest absolute Gasteiger partial charge is 0.0725 e. The van der Waals surface area contributed by atoms with E-state index in [0.717, 1.165) is 5.70 Å². The Morgan fingerprint density at radius 3 is 1.57 bits per heavy atom. The van der Waals surface area contributed by atoms with E-state index in [2.05, 4.69) is 110 Å². The molecule has 0 radical (unpaired) electrons. The molecule has 0 aromatic heterocycles. The maximum Gasteiger partial charge on any atom is 0.0725 e. The van der Waals surface area contributed by atoms with Crippen LogP contribution in [0.2, 0.25) is 0 Å². The molecule has 0 atom stereocenters. The van der Waals surface area contributed by atoms with Crippen LogP contribution in [0.5, 0.6) is 0 Å². The van der Waals surface area contributed by atoms with Crippen LogP contribution in [0.25, 0.3) is 22.3 Å². The zero-order valence-electron chi connectivity index (χ0n) is 17.3. The molecular formula is C29H23N. The summed E-state index contributed by atoms with van der Waals surface area (Å²) in [5, 5.41) is 0. The summed E-state index contributed by atoms with van der Waals surface area (Å²) in [5.41, 5.74) is 12.8. The number of rotatable bonds is 2. The predicted octanol–water partition coefficient (Wildman–Crippen LogP) is 7.00. The van der Waals surface area contributed by atoms with Crippen molar-refractivity contribution < 1.29 is 0 Å². The molecule has 0 saturated carbocycles. The quantitative estimate of drug-likeness (QED) is 0.310. The first-order chi connectivity index (χ1) is 14.6. The molecule has 4 aromatic rings. The van der Waals surface area contributed by atoms with Crippen molar-refractivity contribution in [3.05, 3.63) is 126 Å². The molecule has 0 aliphatic heterocycles. The third kappa shape index (κ3) is 1.97. The molecule has 1 heteroatoms. The number of hydrogen-bond donors (Lipinski definition) is 0. The minimum Gasteiger partial charge on any atom is -0.349 e. The van der Waals surface area contributed by atoms with Crippen molar-refractivity contribution in [1.29, 1.82) is 0 Å². The fourth-order valence-corrected chi connectivity index (χ4v) is 5.52. The standard InChI is InChI=1S/C29H23N/c1-19(2)30(3)20-16-17-28-24(18-20)23-12-6-9-15-27(23)29(28)25-13-7-4-10-21(25)22-11-5-8-14-26(22)29/h4-18H,1H2,2-3H3. The number of nitrogens with zero attached hydrogens (tertiary/aromatic N) is 1. The largest absolute Gasteiger partial charge is 0.349 e. The molecular weight excluding hydrogens is 362 g/mol. The van der Waals surface area contributed by atoms with Crippen molar-refractivity contribution >= 4 is 5.69 Å². The van der Waals surface area contributed by atoms with E-state index in [4.69, 9.17) is 0 Å². The molecule has 0 N–H and O–H groups in total. The van der Waals surface area contributed by atoms with Gasteiger partial charge in [0, 0.05) is 18.4 Å². The van der Waals surface area contributed by atoms with Gasteiger partial charge in [0.2, 0.25) is 0 Å². The van der Waals surface area contributed by atoms with Gasteiger partial charge in [-0.1, -0.05) is 85.4 Å². The Balaban J connectivity index is 1.75. The fourth-order valence-electron chi connectivity index (χ4n) is 5.52. The lowest BCUT2D eigenvalue weighted by Crippen LogP contribution is -2.25. The molecule has 2 aliphatic carbocycles. The van der Waals surface area contributed by atoms with Gasteiger partial charge in [-0.25, -0.2) is 0 Å². The van der Waals surface area contributed by atoms with Crippen molar-refractivity contribution in [3.8, 4) is 22.3 Å². The third-order valence-corrected chi connectivity index (χ3v) is 6.94. The first kappa shape index (κ1) is 17.3. The van der Waals surface area contributed by atoms with Crippen molar-refractivity contribution in [2.75, 3.05) is 11.9 Å². The van der Waals surface area contributed by atoms with Crippen LogP contribution in [-0.2, 0) is 5.41 Å². The maximum absolute atomic E-state index is 4.13. The van der Waals surface area contributed by atoms with Gasteiger partial charge in [0.1, 0.15) is 0 Å². The van der Waals surface area contributed by atoms with Crippen LogP contribution in [0.15, 0.2) is 103 Å². The number of hydrogen-bond acceptors (Lipinski definition) is 1. The number of fused-ring (bicyclic) bond motifs is 10. The second-order valence-corrected chi connectivity index (χ2v) is 8.41. The highest BCUT2D eigenvalue weighted by Crippen LogP contribution is 2.62. The highest BCUT2D eigenvalue weighted by Gasteiger charge is 2.51. The highest BCUT2D eigenvalue weighted by atomic mass is 15.1. The summed E-state index contributed by atoms with van der Waals surface area (Å²) in [5.74, 6) is 0.